The molecule has 0 aromatic carbocycles. The van der Waals surface area contributed by atoms with Crippen LogP contribution in [-0.2, 0) is 28.6 Å². The van der Waals surface area contributed by atoms with E-state index in [2.05, 4.69) is 81.5 Å². The molecule has 6 heteroatoms. The predicted octanol–water partition coefficient (Wildman–Crippen LogP) is 24.3. The summed E-state index contributed by atoms with van der Waals surface area (Å²) >= 11 is 0. The maximum absolute atomic E-state index is 13.0. The molecule has 0 aliphatic carbocycles. The number of allylic oxidation sites excluding steroid dienone is 10. The van der Waals surface area contributed by atoms with Crippen LogP contribution in [0.4, 0.5) is 0 Å². The van der Waals surface area contributed by atoms with Crippen LogP contribution in [0.15, 0.2) is 60.8 Å². The number of hydrogen-bond acceptors (Lipinski definition) is 6. The maximum Gasteiger partial charge on any atom is 0.306 e. The molecule has 0 fully saturated rings. The van der Waals surface area contributed by atoms with E-state index in [1.165, 1.54) is 238 Å². The minimum Gasteiger partial charge on any atom is -0.462 e. The fraction of sp³-hybridized carbons (Fsp3) is 0.824. The van der Waals surface area contributed by atoms with Gasteiger partial charge >= 0.3 is 17.9 Å². The topological polar surface area (TPSA) is 78.9 Å². The van der Waals surface area contributed by atoms with Gasteiger partial charge in [0.25, 0.3) is 0 Å². The summed E-state index contributed by atoms with van der Waals surface area (Å²) in [6, 6.07) is 0. The van der Waals surface area contributed by atoms with Gasteiger partial charge in [-0.05, 0) is 83.5 Å². The first kappa shape index (κ1) is 77.1. The summed E-state index contributed by atoms with van der Waals surface area (Å²) in [7, 11) is 0. The zero-order valence-electron chi connectivity index (χ0n) is 53.6. The molecule has 6 nitrogen and oxygen atoms in total. The molecule has 0 aliphatic heterocycles. The van der Waals surface area contributed by atoms with Crippen LogP contribution in [0.2, 0.25) is 0 Å². The molecule has 466 valence electrons. The van der Waals surface area contributed by atoms with Crippen molar-refractivity contribution in [1.82, 2.24) is 0 Å². The summed E-state index contributed by atoms with van der Waals surface area (Å²) in [4.78, 5) is 38.4. The van der Waals surface area contributed by atoms with Gasteiger partial charge < -0.3 is 14.2 Å². The van der Waals surface area contributed by atoms with Crippen LogP contribution in [-0.4, -0.2) is 37.2 Å². The van der Waals surface area contributed by atoms with E-state index in [9.17, 15) is 14.4 Å². The van der Waals surface area contributed by atoms with E-state index in [0.717, 1.165) is 96.3 Å². The normalized spacial score (nSPS) is 12.4. The summed E-state index contributed by atoms with van der Waals surface area (Å²) in [6.07, 6.45) is 88.2. The Hall–Kier alpha value is -2.89. The molecule has 0 aromatic heterocycles. The summed E-state index contributed by atoms with van der Waals surface area (Å²) < 4.78 is 17.0. The van der Waals surface area contributed by atoms with Crippen molar-refractivity contribution in [3.63, 3.8) is 0 Å². The molecule has 0 amide bonds. The summed E-state index contributed by atoms with van der Waals surface area (Å²) in [5.74, 6) is -0.870. The second-order valence-corrected chi connectivity index (χ2v) is 23.8. The summed E-state index contributed by atoms with van der Waals surface area (Å²) in [5.41, 5.74) is 0. The molecule has 0 aliphatic rings. The molecule has 80 heavy (non-hydrogen) atoms. The van der Waals surface area contributed by atoms with Gasteiger partial charge in [0.15, 0.2) is 6.10 Å². The van der Waals surface area contributed by atoms with E-state index in [1.807, 2.05) is 0 Å². The van der Waals surface area contributed by atoms with Gasteiger partial charge in [0.2, 0.25) is 0 Å². The van der Waals surface area contributed by atoms with Crippen LogP contribution < -0.4 is 0 Å². The number of hydrogen-bond donors (Lipinski definition) is 0. The number of carbonyl (C=O) groups is 3. The molecule has 0 rings (SSSR count). The zero-order valence-corrected chi connectivity index (χ0v) is 53.6. The van der Waals surface area contributed by atoms with Crippen molar-refractivity contribution in [3.8, 4) is 0 Å². The van der Waals surface area contributed by atoms with Gasteiger partial charge in [0.1, 0.15) is 13.2 Å². The molecule has 0 saturated carbocycles. The Kier molecular flexibility index (Phi) is 66.1. The van der Waals surface area contributed by atoms with Gasteiger partial charge in [0, 0.05) is 19.3 Å². The Bertz CT molecular complexity index is 1430. The quantitative estimate of drug-likeness (QED) is 0.0261. The average molecular weight is 1120 g/mol. The first-order valence-corrected chi connectivity index (χ1v) is 35.3. The highest BCUT2D eigenvalue weighted by atomic mass is 16.6. The van der Waals surface area contributed by atoms with E-state index in [1.54, 1.807) is 0 Å². The summed E-state index contributed by atoms with van der Waals surface area (Å²) in [6.45, 7) is 6.57. The fourth-order valence-electron chi connectivity index (χ4n) is 10.5. The number of esters is 3. The Morgan fingerprint density at radius 3 is 0.775 bits per heavy atom. The van der Waals surface area contributed by atoms with E-state index < -0.39 is 6.10 Å². The lowest BCUT2D eigenvalue weighted by Gasteiger charge is -2.18. The van der Waals surface area contributed by atoms with Crippen LogP contribution >= 0.6 is 0 Å². The van der Waals surface area contributed by atoms with Gasteiger partial charge in [-0.3, -0.25) is 14.4 Å². The number of unbranched alkanes of at least 4 members (excludes halogenated alkanes) is 44. The van der Waals surface area contributed by atoms with Gasteiger partial charge in [-0.15, -0.1) is 0 Å². The van der Waals surface area contributed by atoms with Crippen LogP contribution in [0.5, 0.6) is 0 Å². The lowest BCUT2D eigenvalue weighted by Crippen LogP contribution is -2.30. The number of rotatable bonds is 65. The SMILES string of the molecule is CC/C=C\C/C=C\C/C=C\C/C=C\CCCCCCCCCCC(=O)OC(COC(=O)CCCCCCC/C=C\CCCCCCCC)COC(=O)CCCCCCCCCCCCCCCCCCCCCCCCCCCC. The highest BCUT2D eigenvalue weighted by Gasteiger charge is 2.19. The summed E-state index contributed by atoms with van der Waals surface area (Å²) in [5, 5.41) is 0. The van der Waals surface area contributed by atoms with E-state index >= 15 is 0 Å². The molecule has 0 saturated heterocycles. The third-order valence-electron chi connectivity index (χ3n) is 15.8. The smallest absolute Gasteiger partial charge is 0.306 e. The number of ether oxygens (including phenoxy) is 3. The average Bonchev–Trinajstić information content (AvgIpc) is 3.46. The van der Waals surface area contributed by atoms with Crippen molar-refractivity contribution < 1.29 is 28.6 Å². The van der Waals surface area contributed by atoms with Crippen LogP contribution in [0, 0.1) is 0 Å². The molecule has 0 spiro atoms. The highest BCUT2D eigenvalue weighted by Crippen LogP contribution is 2.18. The van der Waals surface area contributed by atoms with Crippen LogP contribution in [0.1, 0.15) is 374 Å². The van der Waals surface area contributed by atoms with Crippen molar-refractivity contribution in [3.05, 3.63) is 60.8 Å². The molecule has 0 heterocycles. The lowest BCUT2D eigenvalue weighted by atomic mass is 10.0. The van der Waals surface area contributed by atoms with Crippen LogP contribution in [0.3, 0.4) is 0 Å². The van der Waals surface area contributed by atoms with Crippen molar-refractivity contribution in [2.45, 2.75) is 380 Å². The van der Waals surface area contributed by atoms with Crippen molar-refractivity contribution in [2.75, 3.05) is 13.2 Å². The standard InChI is InChI=1S/C74H134O6/c1-4-7-10-13-16-19-22-25-28-30-32-34-35-36-37-38-40-41-43-46-49-52-55-58-61-64-67-73(76)79-70-71(69-78-72(75)66-63-60-57-54-51-48-45-27-24-21-18-15-12-9-6-3)80-74(77)68-65-62-59-56-53-50-47-44-42-39-33-31-29-26-23-20-17-14-11-8-5-2/h8,11,17,20,26-27,29,33,39,45,71H,4-7,9-10,12-16,18-19,21-25,28,30-32,34-38,40-44,46-70H2,1-3H3/b11-8-,20-17-,29-26-,39-33-,45-27-. The Balaban J connectivity index is 4.28. The Morgan fingerprint density at radius 1 is 0.263 bits per heavy atom. The van der Waals surface area contributed by atoms with Gasteiger partial charge in [-0.2, -0.15) is 0 Å². The highest BCUT2D eigenvalue weighted by molar-refractivity contribution is 5.71. The zero-order chi connectivity index (χ0) is 57.8. The minimum atomic E-state index is -0.782. The monoisotopic (exact) mass is 1120 g/mol. The first-order valence-electron chi connectivity index (χ1n) is 35.3. The van der Waals surface area contributed by atoms with Gasteiger partial charge in [0.05, 0.1) is 0 Å². The fourth-order valence-corrected chi connectivity index (χ4v) is 10.5. The maximum atomic E-state index is 13.0. The molecule has 0 bridgehead atoms. The third-order valence-corrected chi connectivity index (χ3v) is 15.8. The molecular weight excluding hydrogens is 985 g/mol. The molecule has 1 unspecified atom stereocenters. The van der Waals surface area contributed by atoms with Gasteiger partial charge in [-0.1, -0.05) is 332 Å². The van der Waals surface area contributed by atoms with E-state index in [4.69, 9.17) is 14.2 Å². The molecule has 0 aromatic rings. The Labute approximate surface area is 498 Å². The van der Waals surface area contributed by atoms with E-state index in [0.29, 0.717) is 19.3 Å². The van der Waals surface area contributed by atoms with Crippen molar-refractivity contribution in [1.29, 1.82) is 0 Å². The minimum absolute atomic E-state index is 0.0764. The first-order chi connectivity index (χ1) is 39.5. The molecule has 1 atom stereocenters. The lowest BCUT2D eigenvalue weighted by molar-refractivity contribution is -0.167. The molecular formula is C74H134O6. The van der Waals surface area contributed by atoms with Crippen molar-refractivity contribution >= 4 is 17.9 Å². The van der Waals surface area contributed by atoms with Gasteiger partial charge in [-0.25, -0.2) is 0 Å². The van der Waals surface area contributed by atoms with E-state index in [-0.39, 0.29) is 31.1 Å². The third kappa shape index (κ3) is 65.9. The largest absolute Gasteiger partial charge is 0.462 e. The second-order valence-electron chi connectivity index (χ2n) is 23.8. The second kappa shape index (κ2) is 68.6. The van der Waals surface area contributed by atoms with Crippen LogP contribution in [0.25, 0.3) is 0 Å². The Morgan fingerprint density at radius 2 is 0.487 bits per heavy atom. The molecule has 0 N–H and O–H groups in total. The molecule has 0 radical (unpaired) electrons. The predicted molar refractivity (Wildman–Crippen MR) is 348 cm³/mol. The van der Waals surface area contributed by atoms with Crippen molar-refractivity contribution in [2.24, 2.45) is 0 Å². The number of carbonyl (C=O) groups excluding carboxylic acids is 3.